The molecule has 16 N–H and O–H groups in total. The van der Waals surface area contributed by atoms with Crippen molar-refractivity contribution in [3.63, 3.8) is 0 Å². The molecule has 0 unspecified atom stereocenters. The standard InChI is InChI=1S/C45H63N9O16/c1-4-22(2)36(47)42(66)51-31(20-34(46)59)39(63)49-29(18-24-7-11-26(57)12-8-24)38(62)50-30(19-25-9-13-27(58)14-10-25)40(64)53-37(23(3)56)43(67)52-32(21-55)41(65)48-28(15-16-35(60)61)44(68)54-17-5-6-33(54)45(69)70/h7-14,22-23,28-33,36-37,55-58H,4-6,15-21,47H2,1-3H3,(H2,46,59)(H,48,65)(H,49,63)(H,50,62)(H,51,66)(H,52,67)(H,53,64)(H,60,61)(H,69,70)/t22-,23+,28-,29-,30-,31-,32-,33-,36-,37-/m0/s1. The molecule has 1 aliphatic rings. The number of carbonyl (C=O) groups is 10. The molecule has 0 aromatic heterocycles. The van der Waals surface area contributed by atoms with E-state index in [-0.39, 0.29) is 43.2 Å². The lowest BCUT2D eigenvalue weighted by molar-refractivity contribution is -0.150. The number of rotatable bonds is 27. The van der Waals surface area contributed by atoms with Crippen molar-refractivity contribution in [1.29, 1.82) is 0 Å². The molecule has 1 fully saturated rings. The molecule has 1 aliphatic heterocycles. The lowest BCUT2D eigenvalue weighted by Crippen LogP contribution is -2.62. The lowest BCUT2D eigenvalue weighted by Gasteiger charge is -2.29. The Morgan fingerprint density at radius 1 is 0.671 bits per heavy atom. The summed E-state index contributed by atoms with van der Waals surface area (Å²) in [5.74, 6) is -11.7. The highest BCUT2D eigenvalue weighted by Crippen LogP contribution is 2.20. The van der Waals surface area contributed by atoms with E-state index >= 15 is 0 Å². The van der Waals surface area contributed by atoms with Crippen LogP contribution in [0.3, 0.4) is 0 Å². The number of carboxylic acid groups (broad SMARTS) is 2. The van der Waals surface area contributed by atoms with E-state index in [4.69, 9.17) is 11.5 Å². The Morgan fingerprint density at radius 3 is 1.59 bits per heavy atom. The minimum Gasteiger partial charge on any atom is -0.508 e. The van der Waals surface area contributed by atoms with E-state index in [0.717, 1.165) is 11.8 Å². The smallest absolute Gasteiger partial charge is 0.326 e. The van der Waals surface area contributed by atoms with Crippen LogP contribution in [0.25, 0.3) is 0 Å². The van der Waals surface area contributed by atoms with Crippen LogP contribution >= 0.6 is 0 Å². The van der Waals surface area contributed by atoms with E-state index in [1.54, 1.807) is 13.8 Å². The number of hydrogen-bond donors (Lipinski definition) is 14. The summed E-state index contributed by atoms with van der Waals surface area (Å²) in [7, 11) is 0. The Hall–Kier alpha value is -7.38. The summed E-state index contributed by atoms with van der Waals surface area (Å²) in [5, 5.41) is 73.7. The van der Waals surface area contributed by atoms with Gasteiger partial charge in [-0.25, -0.2) is 4.79 Å². The number of nitrogens with zero attached hydrogens (tertiary/aromatic N) is 1. The molecule has 0 aliphatic carbocycles. The molecule has 25 nitrogen and oxygen atoms in total. The molecule has 2 aromatic carbocycles. The number of amides is 8. The number of hydrogen-bond acceptors (Lipinski definition) is 15. The van der Waals surface area contributed by atoms with E-state index in [0.29, 0.717) is 24.0 Å². The summed E-state index contributed by atoms with van der Waals surface area (Å²) in [5.41, 5.74) is 12.2. The van der Waals surface area contributed by atoms with Gasteiger partial charge < -0.3 is 78.9 Å². The van der Waals surface area contributed by atoms with E-state index in [1.807, 2.05) is 0 Å². The highest BCUT2D eigenvalue weighted by molar-refractivity contribution is 5.99. The van der Waals surface area contributed by atoms with E-state index in [2.05, 4.69) is 31.9 Å². The van der Waals surface area contributed by atoms with Crippen LogP contribution in [0.2, 0.25) is 0 Å². The molecule has 0 spiro atoms. The van der Waals surface area contributed by atoms with E-state index in [1.165, 1.54) is 48.5 Å². The van der Waals surface area contributed by atoms with Crippen molar-refractivity contribution in [2.75, 3.05) is 13.2 Å². The summed E-state index contributed by atoms with van der Waals surface area (Å²) in [4.78, 5) is 132. The van der Waals surface area contributed by atoms with Crippen LogP contribution in [-0.4, -0.2) is 162 Å². The zero-order valence-electron chi connectivity index (χ0n) is 38.8. The summed E-state index contributed by atoms with van der Waals surface area (Å²) in [6, 6.07) is -1.78. The zero-order valence-corrected chi connectivity index (χ0v) is 38.8. The summed E-state index contributed by atoms with van der Waals surface area (Å²) < 4.78 is 0. The maximum Gasteiger partial charge on any atom is 0.326 e. The first-order valence-corrected chi connectivity index (χ1v) is 22.4. The molecule has 25 heteroatoms. The molecule has 3 rings (SSSR count). The summed E-state index contributed by atoms with van der Waals surface area (Å²) >= 11 is 0. The highest BCUT2D eigenvalue weighted by atomic mass is 16.4. The average molecular weight is 986 g/mol. The minimum atomic E-state index is -1.92. The third-order valence-electron chi connectivity index (χ3n) is 11.6. The highest BCUT2D eigenvalue weighted by Gasteiger charge is 2.40. The number of carbonyl (C=O) groups excluding carboxylic acids is 8. The third kappa shape index (κ3) is 17.3. The molecule has 2 aromatic rings. The topological polar surface area (TPSA) is 420 Å². The quantitative estimate of drug-likeness (QED) is 0.0410. The van der Waals surface area contributed by atoms with Gasteiger partial charge in [-0.05, 0) is 67.5 Å². The van der Waals surface area contributed by atoms with Crippen molar-refractivity contribution in [3.05, 3.63) is 59.7 Å². The average Bonchev–Trinajstić information content (AvgIpc) is 3.81. The van der Waals surface area contributed by atoms with Gasteiger partial charge in [-0.1, -0.05) is 44.5 Å². The second kappa shape index (κ2) is 27.0. The first-order chi connectivity index (χ1) is 32.9. The third-order valence-corrected chi connectivity index (χ3v) is 11.6. The maximum atomic E-state index is 14.3. The van der Waals surface area contributed by atoms with E-state index < -0.39 is 140 Å². The fourth-order valence-electron chi connectivity index (χ4n) is 7.29. The zero-order chi connectivity index (χ0) is 52.4. The van der Waals surface area contributed by atoms with Gasteiger partial charge in [0.15, 0.2) is 0 Å². The van der Waals surface area contributed by atoms with Gasteiger partial charge in [-0.3, -0.25) is 43.2 Å². The molecule has 1 heterocycles. The maximum absolute atomic E-state index is 14.3. The number of benzene rings is 2. The van der Waals surface area contributed by atoms with Crippen molar-refractivity contribution in [3.8, 4) is 11.5 Å². The number of nitrogens with two attached hydrogens (primary N) is 2. The van der Waals surface area contributed by atoms with Crippen molar-refractivity contribution < 1.29 is 78.6 Å². The Balaban J connectivity index is 1.93. The number of primary amides is 1. The molecule has 1 saturated heterocycles. The number of aliphatic hydroxyl groups is 2. The molecular weight excluding hydrogens is 923 g/mol. The SMILES string of the molecule is CC[C@H](C)[C@H](N)C(=O)N[C@@H](CC(N)=O)C(=O)N[C@@H](Cc1ccc(O)cc1)C(=O)N[C@@H](Cc1ccc(O)cc1)C(=O)N[C@H](C(=O)N[C@@H](CO)C(=O)N[C@@H](CCC(=O)O)C(=O)N1CCC[C@H]1C(=O)O)[C@@H](C)O. The Kier molecular flexibility index (Phi) is 21.9. The molecule has 384 valence electrons. The molecular formula is C45H63N9O16. The number of aliphatic hydroxyl groups excluding tert-OH is 2. The lowest BCUT2D eigenvalue weighted by atomic mass is 9.98. The second-order valence-electron chi connectivity index (χ2n) is 17.0. The molecule has 0 bridgehead atoms. The van der Waals surface area contributed by atoms with Crippen molar-refractivity contribution in [1.82, 2.24) is 36.8 Å². The van der Waals surface area contributed by atoms with Gasteiger partial charge in [0, 0.05) is 25.8 Å². The fourth-order valence-corrected chi connectivity index (χ4v) is 7.29. The first kappa shape index (κ1) is 56.9. The van der Waals surface area contributed by atoms with Gasteiger partial charge in [-0.15, -0.1) is 0 Å². The van der Waals surface area contributed by atoms with Crippen molar-refractivity contribution >= 4 is 59.2 Å². The first-order valence-electron chi connectivity index (χ1n) is 22.4. The van der Waals surface area contributed by atoms with Crippen LogP contribution in [0.15, 0.2) is 48.5 Å². The summed E-state index contributed by atoms with van der Waals surface area (Å²) in [6.07, 6.45) is -3.32. The number of phenols is 2. The number of likely N-dealkylation sites (tertiary alicyclic amines) is 1. The minimum absolute atomic E-state index is 0.00163. The normalized spacial score (nSPS) is 17.1. The van der Waals surface area contributed by atoms with Crippen LogP contribution in [0.5, 0.6) is 11.5 Å². The van der Waals surface area contributed by atoms with Gasteiger partial charge >= 0.3 is 11.9 Å². The summed E-state index contributed by atoms with van der Waals surface area (Å²) in [6.45, 7) is 3.44. The van der Waals surface area contributed by atoms with Gasteiger partial charge in [0.25, 0.3) is 0 Å². The molecule has 8 amide bonds. The molecule has 10 atom stereocenters. The van der Waals surface area contributed by atoms with Crippen LogP contribution in [0.1, 0.15) is 70.4 Å². The van der Waals surface area contributed by atoms with Crippen LogP contribution in [0.4, 0.5) is 0 Å². The van der Waals surface area contributed by atoms with Crippen molar-refractivity contribution in [2.45, 2.75) is 127 Å². The largest absolute Gasteiger partial charge is 0.508 e. The van der Waals surface area contributed by atoms with Crippen LogP contribution in [0, 0.1) is 5.92 Å². The van der Waals surface area contributed by atoms with Gasteiger partial charge in [0.2, 0.25) is 47.3 Å². The van der Waals surface area contributed by atoms with Crippen LogP contribution < -0.4 is 43.4 Å². The Labute approximate surface area is 402 Å². The number of phenolic OH excluding ortho intramolecular Hbond substituents is 2. The second-order valence-corrected chi connectivity index (χ2v) is 17.0. The van der Waals surface area contributed by atoms with E-state index in [9.17, 15) is 78.6 Å². The van der Waals surface area contributed by atoms with Gasteiger partial charge in [0.05, 0.1) is 25.2 Å². The number of nitrogens with one attached hydrogen (secondary N) is 6. The van der Waals surface area contributed by atoms with Gasteiger partial charge in [0.1, 0.15) is 53.8 Å². The van der Waals surface area contributed by atoms with Crippen LogP contribution in [-0.2, 0) is 60.8 Å². The molecule has 0 radical (unpaired) electrons. The molecule has 70 heavy (non-hydrogen) atoms. The number of carboxylic acids is 2. The van der Waals surface area contributed by atoms with Gasteiger partial charge in [-0.2, -0.15) is 0 Å². The Bertz CT molecular complexity index is 2190. The monoisotopic (exact) mass is 985 g/mol. The molecule has 0 saturated carbocycles. The Morgan fingerprint density at radius 2 is 1.13 bits per heavy atom. The predicted octanol–water partition coefficient (Wildman–Crippen LogP) is -3.65. The number of aliphatic carboxylic acids is 2. The van der Waals surface area contributed by atoms with Crippen molar-refractivity contribution in [2.24, 2.45) is 17.4 Å². The predicted molar refractivity (Wildman–Crippen MR) is 244 cm³/mol. The fraction of sp³-hybridized carbons (Fsp3) is 0.511. The number of aromatic hydroxyl groups is 2.